The molecule has 1 saturated carbocycles. The summed E-state index contributed by atoms with van der Waals surface area (Å²) in [6.07, 6.45) is 4.83. The molecule has 3 aliphatic rings. The van der Waals surface area contributed by atoms with Gasteiger partial charge >= 0.3 is 12.2 Å². The minimum atomic E-state index is -0.182. The van der Waals surface area contributed by atoms with Crippen LogP contribution in [-0.4, -0.2) is 86.6 Å². The minimum Gasteiger partial charge on any atom is -0.446 e. The molecule has 0 aromatic heterocycles. The summed E-state index contributed by atoms with van der Waals surface area (Å²) in [5.41, 5.74) is 0. The van der Waals surface area contributed by atoms with Crippen molar-refractivity contribution >= 4 is 12.2 Å². The number of amides is 2. The molecule has 2 heterocycles. The maximum absolute atomic E-state index is 12.2. The lowest BCUT2D eigenvalue weighted by molar-refractivity contribution is 0.0254. The van der Waals surface area contributed by atoms with Crippen LogP contribution < -0.4 is 10.6 Å². The Kier molecular flexibility index (Phi) is 7.37. The van der Waals surface area contributed by atoms with Crippen LogP contribution in [0.25, 0.3) is 0 Å². The molecule has 2 saturated heterocycles. The van der Waals surface area contributed by atoms with Crippen molar-refractivity contribution in [3.63, 3.8) is 0 Å². The van der Waals surface area contributed by atoms with Crippen molar-refractivity contribution in [2.75, 3.05) is 52.4 Å². The van der Waals surface area contributed by atoms with Gasteiger partial charge in [-0.3, -0.25) is 0 Å². The second kappa shape index (κ2) is 9.97. The molecule has 8 heteroatoms. The molecule has 3 rings (SSSR count). The van der Waals surface area contributed by atoms with Gasteiger partial charge < -0.3 is 29.9 Å². The van der Waals surface area contributed by atoms with Crippen molar-refractivity contribution in [3.05, 3.63) is 0 Å². The average molecular weight is 368 g/mol. The molecule has 26 heavy (non-hydrogen) atoms. The third-order valence-corrected chi connectivity index (χ3v) is 5.39. The summed E-state index contributed by atoms with van der Waals surface area (Å²) < 4.78 is 11.4. The van der Waals surface area contributed by atoms with Gasteiger partial charge in [0.05, 0.1) is 0 Å². The van der Waals surface area contributed by atoms with Crippen LogP contribution in [-0.2, 0) is 9.47 Å². The van der Waals surface area contributed by atoms with E-state index < -0.39 is 0 Å². The summed E-state index contributed by atoms with van der Waals surface area (Å²) in [6, 6.07) is 0. The first-order valence-electron chi connectivity index (χ1n) is 10.0. The van der Waals surface area contributed by atoms with E-state index in [4.69, 9.17) is 9.47 Å². The smallest absolute Gasteiger partial charge is 0.410 e. The predicted molar refractivity (Wildman–Crippen MR) is 97.1 cm³/mol. The third kappa shape index (κ3) is 5.74. The normalized spacial score (nSPS) is 28.0. The Morgan fingerprint density at radius 1 is 0.654 bits per heavy atom. The number of nitrogens with one attached hydrogen (secondary N) is 2. The number of ether oxygens (including phenoxy) is 2. The number of hydrogen-bond acceptors (Lipinski definition) is 6. The first-order valence-corrected chi connectivity index (χ1v) is 10.0. The van der Waals surface area contributed by atoms with Crippen molar-refractivity contribution in [1.29, 1.82) is 0 Å². The average Bonchev–Trinajstić information content (AvgIpc) is 2.66. The number of nitrogens with zero attached hydrogens (tertiary/aromatic N) is 2. The van der Waals surface area contributed by atoms with Crippen LogP contribution in [0.1, 0.15) is 38.5 Å². The van der Waals surface area contributed by atoms with E-state index in [-0.39, 0.29) is 24.4 Å². The van der Waals surface area contributed by atoms with Gasteiger partial charge in [0, 0.05) is 52.4 Å². The fourth-order valence-corrected chi connectivity index (χ4v) is 3.80. The van der Waals surface area contributed by atoms with Gasteiger partial charge in [-0.1, -0.05) is 0 Å². The summed E-state index contributed by atoms with van der Waals surface area (Å²) in [6.45, 7) is 6.20. The Labute approximate surface area is 155 Å². The maximum Gasteiger partial charge on any atom is 0.410 e. The van der Waals surface area contributed by atoms with E-state index in [1.165, 1.54) is 0 Å². The monoisotopic (exact) mass is 368 g/mol. The molecule has 148 valence electrons. The maximum atomic E-state index is 12.2. The van der Waals surface area contributed by atoms with Crippen LogP contribution in [0.5, 0.6) is 0 Å². The molecule has 2 aliphatic heterocycles. The Hall–Kier alpha value is -1.54. The molecule has 0 aromatic rings. The zero-order valence-electron chi connectivity index (χ0n) is 15.6. The van der Waals surface area contributed by atoms with Gasteiger partial charge in [-0.25, -0.2) is 9.59 Å². The number of piperazine rings is 2. The molecule has 1 aliphatic carbocycles. The SMILES string of the molecule is O=C(OC1CCCC(OC(=O)N2CCNCC2)CCC1)N1CCNCC1. The van der Waals surface area contributed by atoms with Crippen molar-refractivity contribution < 1.29 is 19.1 Å². The summed E-state index contributed by atoms with van der Waals surface area (Å²) in [4.78, 5) is 28.1. The molecule has 0 unspecified atom stereocenters. The van der Waals surface area contributed by atoms with Crippen LogP contribution in [0.4, 0.5) is 9.59 Å². The third-order valence-electron chi connectivity index (χ3n) is 5.39. The van der Waals surface area contributed by atoms with E-state index in [9.17, 15) is 9.59 Å². The van der Waals surface area contributed by atoms with E-state index in [0.29, 0.717) is 0 Å². The molecular formula is C18H32N4O4. The Morgan fingerprint density at radius 3 is 1.35 bits per heavy atom. The molecule has 0 radical (unpaired) electrons. The zero-order valence-corrected chi connectivity index (χ0v) is 15.6. The van der Waals surface area contributed by atoms with Crippen LogP contribution in [0, 0.1) is 0 Å². The van der Waals surface area contributed by atoms with Gasteiger partial charge in [0.2, 0.25) is 0 Å². The highest BCUT2D eigenvalue weighted by Crippen LogP contribution is 2.23. The van der Waals surface area contributed by atoms with E-state index in [1.54, 1.807) is 9.80 Å². The highest BCUT2D eigenvalue weighted by molar-refractivity contribution is 5.68. The lowest BCUT2D eigenvalue weighted by Crippen LogP contribution is -2.47. The molecule has 0 aromatic carbocycles. The fourth-order valence-electron chi connectivity index (χ4n) is 3.80. The molecule has 0 bridgehead atoms. The summed E-state index contributed by atoms with van der Waals surface area (Å²) in [5, 5.41) is 6.48. The Balaban J connectivity index is 1.37. The van der Waals surface area contributed by atoms with Crippen LogP contribution >= 0.6 is 0 Å². The van der Waals surface area contributed by atoms with Crippen LogP contribution in [0.15, 0.2) is 0 Å². The van der Waals surface area contributed by atoms with Crippen LogP contribution in [0.2, 0.25) is 0 Å². The standard InChI is InChI=1S/C18H32N4O4/c23-17(21-11-7-19-8-12-21)25-15-3-1-4-16(6-2-5-15)26-18(24)22-13-9-20-10-14-22/h15-16,19-20H,1-14H2. The highest BCUT2D eigenvalue weighted by atomic mass is 16.6. The first kappa shape index (κ1) is 19.2. The minimum absolute atomic E-state index is 0.0118. The Bertz CT molecular complexity index is 414. The van der Waals surface area contributed by atoms with Gasteiger partial charge in [-0.2, -0.15) is 0 Å². The van der Waals surface area contributed by atoms with Crippen LogP contribution in [0.3, 0.4) is 0 Å². The summed E-state index contributed by atoms with van der Waals surface area (Å²) >= 11 is 0. The van der Waals surface area contributed by atoms with E-state index in [2.05, 4.69) is 10.6 Å². The predicted octanol–water partition coefficient (Wildman–Crippen LogP) is 1.16. The van der Waals surface area contributed by atoms with Gasteiger partial charge in [0.1, 0.15) is 12.2 Å². The highest BCUT2D eigenvalue weighted by Gasteiger charge is 2.26. The van der Waals surface area contributed by atoms with E-state index in [1.807, 2.05) is 0 Å². The number of rotatable bonds is 2. The Morgan fingerprint density at radius 2 is 1.00 bits per heavy atom. The topological polar surface area (TPSA) is 83.1 Å². The number of carbonyl (C=O) groups excluding carboxylic acids is 2. The van der Waals surface area contributed by atoms with Gasteiger partial charge in [0.15, 0.2) is 0 Å². The van der Waals surface area contributed by atoms with Gasteiger partial charge in [-0.15, -0.1) is 0 Å². The molecule has 2 N–H and O–H groups in total. The fraction of sp³-hybridized carbons (Fsp3) is 0.889. The molecule has 0 atom stereocenters. The van der Waals surface area contributed by atoms with Crippen molar-refractivity contribution in [1.82, 2.24) is 20.4 Å². The first-order chi connectivity index (χ1) is 12.7. The van der Waals surface area contributed by atoms with Gasteiger partial charge in [-0.05, 0) is 38.5 Å². The summed E-state index contributed by atoms with van der Waals surface area (Å²) in [5.74, 6) is 0. The van der Waals surface area contributed by atoms with E-state index >= 15 is 0 Å². The molecule has 3 fully saturated rings. The lowest BCUT2D eigenvalue weighted by Gasteiger charge is -2.31. The van der Waals surface area contributed by atoms with Crippen molar-refractivity contribution in [2.24, 2.45) is 0 Å². The lowest BCUT2D eigenvalue weighted by atomic mass is 9.96. The molecule has 8 nitrogen and oxygen atoms in total. The number of hydrogen-bond donors (Lipinski definition) is 2. The second-order valence-corrected chi connectivity index (χ2v) is 7.35. The summed E-state index contributed by atoms with van der Waals surface area (Å²) in [7, 11) is 0. The van der Waals surface area contributed by atoms with Crippen molar-refractivity contribution in [2.45, 2.75) is 50.7 Å². The van der Waals surface area contributed by atoms with Gasteiger partial charge in [0.25, 0.3) is 0 Å². The molecular weight excluding hydrogens is 336 g/mol. The molecule has 0 spiro atoms. The van der Waals surface area contributed by atoms with Crippen molar-refractivity contribution in [3.8, 4) is 0 Å². The zero-order chi connectivity index (χ0) is 18.2. The second-order valence-electron chi connectivity index (χ2n) is 7.35. The largest absolute Gasteiger partial charge is 0.446 e. The quantitative estimate of drug-likeness (QED) is 0.761. The van der Waals surface area contributed by atoms with E-state index in [0.717, 1.165) is 90.9 Å². The number of carbonyl (C=O) groups is 2. The molecule has 2 amide bonds.